The lowest BCUT2D eigenvalue weighted by molar-refractivity contribution is 0.506. The smallest absolute Gasteiger partial charge is 0.191 e. The van der Waals surface area contributed by atoms with E-state index in [1.54, 1.807) is 25.6 Å². The number of aromatic nitrogens is 1. The standard InChI is InChI=1S/C17H22FN5O/c1-19-17(21-9-6-14-4-3-11-24-14)22-13-7-10-23(12-13)16-15(18)5-2-8-20-16/h2-5,8,11,13H,6-7,9-10,12H2,1H3,(H2,19,21,22). The van der Waals surface area contributed by atoms with E-state index < -0.39 is 0 Å². The molecule has 0 saturated carbocycles. The van der Waals surface area contributed by atoms with Crippen molar-refractivity contribution in [3.05, 3.63) is 48.3 Å². The molecule has 0 aromatic carbocycles. The number of anilines is 1. The molecular weight excluding hydrogens is 309 g/mol. The Morgan fingerprint density at radius 2 is 2.38 bits per heavy atom. The zero-order valence-electron chi connectivity index (χ0n) is 13.7. The van der Waals surface area contributed by atoms with Crippen molar-refractivity contribution in [1.29, 1.82) is 0 Å². The fourth-order valence-corrected chi connectivity index (χ4v) is 2.83. The monoisotopic (exact) mass is 331 g/mol. The number of nitrogens with zero attached hydrogens (tertiary/aromatic N) is 3. The van der Waals surface area contributed by atoms with Gasteiger partial charge in [-0.1, -0.05) is 0 Å². The molecule has 3 rings (SSSR count). The van der Waals surface area contributed by atoms with Gasteiger partial charge in [0.25, 0.3) is 0 Å². The molecule has 2 aromatic heterocycles. The number of rotatable bonds is 5. The highest BCUT2D eigenvalue weighted by atomic mass is 19.1. The highest BCUT2D eigenvalue weighted by Crippen LogP contribution is 2.20. The Hall–Kier alpha value is -2.57. The number of halogens is 1. The van der Waals surface area contributed by atoms with Crippen LogP contribution in [0.1, 0.15) is 12.2 Å². The van der Waals surface area contributed by atoms with E-state index >= 15 is 0 Å². The van der Waals surface area contributed by atoms with E-state index in [-0.39, 0.29) is 11.9 Å². The Morgan fingerprint density at radius 1 is 1.46 bits per heavy atom. The number of hydrogen-bond donors (Lipinski definition) is 2. The third-order valence-electron chi connectivity index (χ3n) is 4.04. The topological polar surface area (TPSA) is 65.7 Å². The minimum Gasteiger partial charge on any atom is -0.469 e. The van der Waals surface area contributed by atoms with Gasteiger partial charge in [-0.15, -0.1) is 0 Å². The molecule has 7 heteroatoms. The number of furan rings is 1. The summed E-state index contributed by atoms with van der Waals surface area (Å²) in [5, 5.41) is 6.65. The van der Waals surface area contributed by atoms with Crippen LogP contribution in [0.4, 0.5) is 10.2 Å². The second-order valence-corrected chi connectivity index (χ2v) is 5.71. The minimum atomic E-state index is -0.279. The van der Waals surface area contributed by atoms with Gasteiger partial charge in [-0.05, 0) is 30.7 Å². The summed E-state index contributed by atoms with van der Waals surface area (Å²) < 4.78 is 19.1. The Morgan fingerprint density at radius 3 is 3.12 bits per heavy atom. The van der Waals surface area contributed by atoms with Crippen LogP contribution in [-0.2, 0) is 6.42 Å². The van der Waals surface area contributed by atoms with Crippen LogP contribution in [0.2, 0.25) is 0 Å². The van der Waals surface area contributed by atoms with Crippen LogP contribution in [0.25, 0.3) is 0 Å². The van der Waals surface area contributed by atoms with E-state index in [1.165, 1.54) is 6.07 Å². The minimum absolute atomic E-state index is 0.209. The molecule has 0 radical (unpaired) electrons. The van der Waals surface area contributed by atoms with Crippen LogP contribution in [-0.4, -0.2) is 43.7 Å². The Labute approximate surface area is 140 Å². The summed E-state index contributed by atoms with van der Waals surface area (Å²) in [5.74, 6) is 1.83. The molecule has 2 aromatic rings. The van der Waals surface area contributed by atoms with Gasteiger partial charge < -0.3 is 20.0 Å². The zero-order valence-corrected chi connectivity index (χ0v) is 13.7. The lowest BCUT2D eigenvalue weighted by Crippen LogP contribution is -2.45. The number of nitrogens with one attached hydrogen (secondary N) is 2. The maximum atomic E-state index is 13.8. The van der Waals surface area contributed by atoms with Crippen molar-refractivity contribution in [3.8, 4) is 0 Å². The quantitative estimate of drug-likeness (QED) is 0.646. The van der Waals surface area contributed by atoms with E-state index in [1.807, 2.05) is 17.0 Å². The van der Waals surface area contributed by atoms with Crippen molar-refractivity contribution < 1.29 is 8.81 Å². The summed E-state index contributed by atoms with van der Waals surface area (Å²) >= 11 is 0. The second-order valence-electron chi connectivity index (χ2n) is 5.71. The van der Waals surface area contributed by atoms with Gasteiger partial charge in [0, 0.05) is 45.3 Å². The maximum absolute atomic E-state index is 13.8. The highest BCUT2D eigenvalue weighted by Gasteiger charge is 2.25. The molecule has 0 spiro atoms. The Kier molecular flexibility index (Phi) is 5.30. The summed E-state index contributed by atoms with van der Waals surface area (Å²) in [6, 6.07) is 7.09. The first-order valence-corrected chi connectivity index (χ1v) is 8.11. The van der Waals surface area contributed by atoms with Crippen LogP contribution < -0.4 is 15.5 Å². The van der Waals surface area contributed by atoms with E-state index in [2.05, 4.69) is 20.6 Å². The van der Waals surface area contributed by atoms with Crippen molar-refractivity contribution in [1.82, 2.24) is 15.6 Å². The lowest BCUT2D eigenvalue weighted by atomic mass is 10.3. The van der Waals surface area contributed by atoms with Gasteiger partial charge in [0.15, 0.2) is 17.6 Å². The van der Waals surface area contributed by atoms with Gasteiger partial charge in [-0.25, -0.2) is 9.37 Å². The summed E-state index contributed by atoms with van der Waals surface area (Å²) in [4.78, 5) is 10.3. The van der Waals surface area contributed by atoms with Crippen LogP contribution >= 0.6 is 0 Å². The molecule has 128 valence electrons. The first-order valence-electron chi connectivity index (χ1n) is 8.11. The summed E-state index contributed by atoms with van der Waals surface area (Å²) in [6.45, 7) is 2.21. The van der Waals surface area contributed by atoms with Gasteiger partial charge in [0.1, 0.15) is 5.76 Å². The first kappa shape index (κ1) is 16.3. The molecule has 1 atom stereocenters. The van der Waals surface area contributed by atoms with E-state index in [0.29, 0.717) is 12.4 Å². The van der Waals surface area contributed by atoms with Gasteiger partial charge in [0.2, 0.25) is 0 Å². The Balaban J connectivity index is 1.47. The lowest BCUT2D eigenvalue weighted by Gasteiger charge is -2.19. The van der Waals surface area contributed by atoms with Gasteiger partial charge in [-0.3, -0.25) is 4.99 Å². The van der Waals surface area contributed by atoms with Gasteiger partial charge >= 0.3 is 0 Å². The molecule has 24 heavy (non-hydrogen) atoms. The number of hydrogen-bond acceptors (Lipinski definition) is 4. The van der Waals surface area contributed by atoms with Gasteiger partial charge in [0.05, 0.1) is 6.26 Å². The normalized spacial score (nSPS) is 18.0. The van der Waals surface area contributed by atoms with Crippen molar-refractivity contribution in [3.63, 3.8) is 0 Å². The van der Waals surface area contributed by atoms with Crippen molar-refractivity contribution in [2.45, 2.75) is 18.9 Å². The van der Waals surface area contributed by atoms with E-state index in [9.17, 15) is 4.39 Å². The van der Waals surface area contributed by atoms with E-state index in [0.717, 1.165) is 37.7 Å². The molecule has 1 saturated heterocycles. The van der Waals surface area contributed by atoms with Crippen LogP contribution in [0.5, 0.6) is 0 Å². The predicted octanol–water partition coefficient (Wildman–Crippen LogP) is 1.80. The Bertz CT molecular complexity index is 673. The molecule has 1 aliphatic rings. The predicted molar refractivity (Wildman–Crippen MR) is 91.7 cm³/mol. The molecule has 6 nitrogen and oxygen atoms in total. The summed E-state index contributed by atoms with van der Waals surface area (Å²) in [5.41, 5.74) is 0. The average molecular weight is 331 g/mol. The third kappa shape index (κ3) is 4.04. The SMILES string of the molecule is CN=C(NCCc1ccco1)NC1CCN(c2ncccc2F)C1. The molecule has 3 heterocycles. The highest BCUT2D eigenvalue weighted by molar-refractivity contribution is 5.80. The molecule has 1 aliphatic heterocycles. The largest absolute Gasteiger partial charge is 0.469 e. The van der Waals surface area contributed by atoms with Crippen LogP contribution in [0, 0.1) is 5.82 Å². The molecule has 1 fully saturated rings. The fourth-order valence-electron chi connectivity index (χ4n) is 2.83. The van der Waals surface area contributed by atoms with Crippen molar-refractivity contribution in [2.24, 2.45) is 4.99 Å². The second kappa shape index (κ2) is 7.81. The number of aliphatic imine (C=N–C) groups is 1. The van der Waals surface area contributed by atoms with Crippen LogP contribution in [0.3, 0.4) is 0 Å². The maximum Gasteiger partial charge on any atom is 0.191 e. The molecular formula is C17H22FN5O. The summed E-state index contributed by atoms with van der Waals surface area (Å²) in [6.07, 6.45) is 5.00. The van der Waals surface area contributed by atoms with E-state index in [4.69, 9.17) is 4.42 Å². The zero-order chi connectivity index (χ0) is 16.8. The van der Waals surface area contributed by atoms with Crippen molar-refractivity contribution in [2.75, 3.05) is 31.6 Å². The van der Waals surface area contributed by atoms with Crippen molar-refractivity contribution >= 4 is 11.8 Å². The molecule has 0 aliphatic carbocycles. The third-order valence-corrected chi connectivity index (χ3v) is 4.04. The summed E-state index contributed by atoms with van der Waals surface area (Å²) in [7, 11) is 1.74. The number of guanidine groups is 1. The molecule has 1 unspecified atom stereocenters. The number of pyridine rings is 1. The van der Waals surface area contributed by atoms with Crippen LogP contribution in [0.15, 0.2) is 46.1 Å². The average Bonchev–Trinajstić information content (AvgIpc) is 3.26. The molecule has 0 bridgehead atoms. The molecule has 0 amide bonds. The fraction of sp³-hybridized carbons (Fsp3) is 0.412. The molecule has 2 N–H and O–H groups in total. The van der Waals surface area contributed by atoms with Gasteiger partial charge in [-0.2, -0.15) is 0 Å². The first-order chi connectivity index (χ1) is 11.8.